The summed E-state index contributed by atoms with van der Waals surface area (Å²) in [6, 6.07) is 0. The Labute approximate surface area is 101 Å². The molecular formula is C12H19N3O2. The summed E-state index contributed by atoms with van der Waals surface area (Å²) in [5.41, 5.74) is 1.81. The molecule has 0 unspecified atom stereocenters. The maximum atomic E-state index is 11.8. The minimum Gasteiger partial charge on any atom is -0.411 e. The van der Waals surface area contributed by atoms with Gasteiger partial charge < -0.3 is 15.1 Å². The number of aryl methyl sites for hydroxylation is 2. The second-order valence-corrected chi connectivity index (χ2v) is 4.34. The highest BCUT2D eigenvalue weighted by molar-refractivity contribution is 5.80. The average molecular weight is 237 g/mol. The van der Waals surface area contributed by atoms with Crippen LogP contribution in [0.1, 0.15) is 23.2 Å². The van der Waals surface area contributed by atoms with Crippen molar-refractivity contribution in [3.05, 3.63) is 33.2 Å². The van der Waals surface area contributed by atoms with E-state index in [0.717, 1.165) is 25.1 Å². The second kappa shape index (κ2) is 6.20. The van der Waals surface area contributed by atoms with Crippen LogP contribution >= 0.6 is 0 Å². The monoisotopic (exact) mass is 237 g/mol. The van der Waals surface area contributed by atoms with Gasteiger partial charge in [0.05, 0.1) is 11.8 Å². The maximum absolute atomic E-state index is 11.8. The number of H-pyrrole nitrogens is 1. The highest BCUT2D eigenvalue weighted by Gasteiger charge is 2.07. The molecule has 0 aliphatic rings. The van der Waals surface area contributed by atoms with Crippen molar-refractivity contribution >= 4 is 6.21 Å². The molecule has 1 heterocycles. The number of hydrogen-bond acceptors (Lipinski definition) is 4. The van der Waals surface area contributed by atoms with Crippen molar-refractivity contribution in [1.82, 2.24) is 9.88 Å². The van der Waals surface area contributed by atoms with Crippen molar-refractivity contribution in [3.63, 3.8) is 0 Å². The summed E-state index contributed by atoms with van der Waals surface area (Å²) in [5.74, 6) is 0. The number of aromatic nitrogens is 1. The van der Waals surface area contributed by atoms with Crippen molar-refractivity contribution < 1.29 is 5.21 Å². The van der Waals surface area contributed by atoms with Crippen LogP contribution in [0.5, 0.6) is 0 Å². The first-order chi connectivity index (χ1) is 8.06. The Hall–Kier alpha value is -1.62. The normalized spacial score (nSPS) is 11.5. The van der Waals surface area contributed by atoms with E-state index in [1.165, 1.54) is 6.21 Å². The minimum absolute atomic E-state index is 0.0820. The molecular weight excluding hydrogens is 218 g/mol. The van der Waals surface area contributed by atoms with Crippen molar-refractivity contribution in [2.24, 2.45) is 5.16 Å². The Morgan fingerprint density at radius 2 is 2.24 bits per heavy atom. The summed E-state index contributed by atoms with van der Waals surface area (Å²) in [7, 11) is 4.02. The fourth-order valence-electron chi connectivity index (χ4n) is 1.66. The molecule has 5 nitrogen and oxygen atoms in total. The molecule has 0 aliphatic heterocycles. The number of aromatic amines is 1. The number of rotatable bonds is 5. The molecule has 5 heteroatoms. The minimum atomic E-state index is -0.0820. The van der Waals surface area contributed by atoms with Gasteiger partial charge in [0, 0.05) is 17.5 Å². The molecule has 2 N–H and O–H groups in total. The second-order valence-electron chi connectivity index (χ2n) is 4.34. The number of nitrogens with one attached hydrogen (secondary N) is 1. The number of nitrogens with zero attached hydrogens (tertiary/aromatic N) is 2. The van der Waals surface area contributed by atoms with Crippen molar-refractivity contribution in [1.29, 1.82) is 0 Å². The van der Waals surface area contributed by atoms with Gasteiger partial charge in [0.1, 0.15) is 0 Å². The molecule has 0 saturated heterocycles. The quantitative estimate of drug-likeness (QED) is 0.456. The molecule has 0 amide bonds. The van der Waals surface area contributed by atoms with Gasteiger partial charge in [-0.3, -0.25) is 4.79 Å². The van der Waals surface area contributed by atoms with Gasteiger partial charge in [-0.15, -0.1) is 0 Å². The van der Waals surface area contributed by atoms with Crippen LogP contribution in [0.2, 0.25) is 0 Å². The summed E-state index contributed by atoms with van der Waals surface area (Å²) in [5, 5.41) is 11.5. The molecule has 17 heavy (non-hydrogen) atoms. The Morgan fingerprint density at radius 3 is 2.82 bits per heavy atom. The smallest absolute Gasteiger partial charge is 0.193 e. The number of hydrogen-bond donors (Lipinski definition) is 2. The number of pyridine rings is 1. The standard InChI is InChI=1S/C12H19N3O2/c1-9-7-13-11(5-4-6-15(2)3)10(8-14-17)12(9)16/h7-8,17H,4-6H2,1-3H3,(H,13,16)/b14-8+. The predicted molar refractivity (Wildman–Crippen MR) is 68.1 cm³/mol. The molecule has 0 aromatic carbocycles. The van der Waals surface area contributed by atoms with E-state index in [-0.39, 0.29) is 5.43 Å². The molecule has 0 spiro atoms. The van der Waals surface area contributed by atoms with Crippen molar-refractivity contribution in [2.75, 3.05) is 20.6 Å². The molecule has 0 aliphatic carbocycles. The first kappa shape index (κ1) is 13.4. The molecule has 1 aromatic heterocycles. The van der Waals surface area contributed by atoms with Gasteiger partial charge in [-0.25, -0.2) is 0 Å². The molecule has 1 aromatic rings. The third-order valence-electron chi connectivity index (χ3n) is 2.61. The first-order valence-corrected chi connectivity index (χ1v) is 5.59. The highest BCUT2D eigenvalue weighted by Crippen LogP contribution is 2.04. The van der Waals surface area contributed by atoms with Crippen LogP contribution in [0, 0.1) is 6.92 Å². The van der Waals surface area contributed by atoms with Gasteiger partial charge in [-0.05, 0) is 40.4 Å². The predicted octanol–water partition coefficient (Wildman–Crippen LogP) is 0.986. The maximum Gasteiger partial charge on any atom is 0.193 e. The molecule has 0 saturated carbocycles. The van der Waals surface area contributed by atoms with Crippen molar-refractivity contribution in [3.8, 4) is 0 Å². The Balaban J connectivity index is 2.91. The van der Waals surface area contributed by atoms with E-state index in [9.17, 15) is 4.79 Å². The van der Waals surface area contributed by atoms with E-state index in [4.69, 9.17) is 5.21 Å². The lowest BCUT2D eigenvalue weighted by Crippen LogP contribution is -2.18. The van der Waals surface area contributed by atoms with E-state index in [2.05, 4.69) is 15.0 Å². The first-order valence-electron chi connectivity index (χ1n) is 5.59. The van der Waals surface area contributed by atoms with Crippen molar-refractivity contribution in [2.45, 2.75) is 19.8 Å². The van der Waals surface area contributed by atoms with Gasteiger partial charge in [-0.2, -0.15) is 0 Å². The lowest BCUT2D eigenvalue weighted by Gasteiger charge is -2.10. The largest absolute Gasteiger partial charge is 0.411 e. The van der Waals surface area contributed by atoms with Crippen LogP contribution in [-0.4, -0.2) is 41.9 Å². The summed E-state index contributed by atoms with van der Waals surface area (Å²) < 4.78 is 0. The molecule has 94 valence electrons. The van der Waals surface area contributed by atoms with Crippen LogP contribution < -0.4 is 5.43 Å². The highest BCUT2D eigenvalue weighted by atomic mass is 16.4. The van der Waals surface area contributed by atoms with Crippen LogP contribution in [-0.2, 0) is 6.42 Å². The summed E-state index contributed by atoms with van der Waals surface area (Å²) >= 11 is 0. The molecule has 0 radical (unpaired) electrons. The van der Waals surface area contributed by atoms with Crippen LogP contribution in [0.4, 0.5) is 0 Å². The zero-order valence-electron chi connectivity index (χ0n) is 10.5. The average Bonchev–Trinajstić information content (AvgIpc) is 2.27. The zero-order chi connectivity index (χ0) is 12.8. The summed E-state index contributed by atoms with van der Waals surface area (Å²) in [6.07, 6.45) is 4.60. The Kier molecular flexibility index (Phi) is 4.90. The molecule has 0 bridgehead atoms. The Morgan fingerprint density at radius 1 is 1.53 bits per heavy atom. The summed E-state index contributed by atoms with van der Waals surface area (Å²) in [4.78, 5) is 17.0. The zero-order valence-corrected chi connectivity index (χ0v) is 10.5. The van der Waals surface area contributed by atoms with E-state index in [1.54, 1.807) is 13.1 Å². The van der Waals surface area contributed by atoms with Gasteiger partial charge in [-0.1, -0.05) is 5.16 Å². The molecule has 1 rings (SSSR count). The summed E-state index contributed by atoms with van der Waals surface area (Å²) in [6.45, 7) is 2.68. The van der Waals surface area contributed by atoms with E-state index in [0.29, 0.717) is 11.1 Å². The lowest BCUT2D eigenvalue weighted by molar-refractivity contribution is 0.321. The van der Waals surface area contributed by atoms with E-state index >= 15 is 0 Å². The SMILES string of the molecule is Cc1c[nH]c(CCCN(C)C)c(/C=N/O)c1=O. The fourth-order valence-corrected chi connectivity index (χ4v) is 1.66. The molecule has 0 fully saturated rings. The fraction of sp³-hybridized carbons (Fsp3) is 0.500. The third-order valence-corrected chi connectivity index (χ3v) is 2.61. The number of oxime groups is 1. The van der Waals surface area contributed by atoms with Gasteiger partial charge in [0.25, 0.3) is 0 Å². The molecule has 0 atom stereocenters. The van der Waals surface area contributed by atoms with Crippen LogP contribution in [0.3, 0.4) is 0 Å². The van der Waals surface area contributed by atoms with E-state index < -0.39 is 0 Å². The van der Waals surface area contributed by atoms with Gasteiger partial charge in [0.2, 0.25) is 0 Å². The van der Waals surface area contributed by atoms with Gasteiger partial charge >= 0.3 is 0 Å². The topological polar surface area (TPSA) is 68.7 Å². The van der Waals surface area contributed by atoms with Crippen LogP contribution in [0.15, 0.2) is 16.1 Å². The lowest BCUT2D eigenvalue weighted by atomic mass is 10.1. The van der Waals surface area contributed by atoms with Crippen LogP contribution in [0.25, 0.3) is 0 Å². The van der Waals surface area contributed by atoms with Gasteiger partial charge in [0.15, 0.2) is 5.43 Å². The Bertz CT molecular complexity index is 450. The third kappa shape index (κ3) is 3.71. The van der Waals surface area contributed by atoms with E-state index in [1.807, 2.05) is 14.1 Å².